The fourth-order valence-electron chi connectivity index (χ4n) is 2.43. The van der Waals surface area contributed by atoms with Gasteiger partial charge in [0.1, 0.15) is 0 Å². The Bertz CT molecular complexity index is 573. The molecular formula is C16H16N2. The lowest BCUT2D eigenvalue weighted by Gasteiger charge is -2.15. The molecule has 0 amide bonds. The summed E-state index contributed by atoms with van der Waals surface area (Å²) in [6.45, 7) is 0.709. The van der Waals surface area contributed by atoms with Gasteiger partial charge in [-0.3, -0.25) is 0 Å². The van der Waals surface area contributed by atoms with Crippen LogP contribution in [0.15, 0.2) is 66.4 Å². The first-order chi connectivity index (χ1) is 8.84. The van der Waals surface area contributed by atoms with Crippen molar-refractivity contribution < 1.29 is 0 Å². The highest BCUT2D eigenvalue weighted by molar-refractivity contribution is 5.59. The van der Waals surface area contributed by atoms with Gasteiger partial charge >= 0.3 is 0 Å². The molecule has 0 radical (unpaired) electrons. The van der Waals surface area contributed by atoms with E-state index in [1.165, 1.54) is 16.8 Å². The Morgan fingerprint density at radius 1 is 0.944 bits per heavy atom. The fourth-order valence-corrected chi connectivity index (χ4v) is 2.43. The Kier molecular flexibility index (Phi) is 2.77. The van der Waals surface area contributed by atoms with Gasteiger partial charge in [-0.2, -0.15) is 0 Å². The summed E-state index contributed by atoms with van der Waals surface area (Å²) in [6.07, 6.45) is 2.15. The standard InChI is InChI=1S/C16H16N2/c17-13-10-15(12-6-2-1-3-7-12)14-8-4-5-9-16(14)18-11-13/h1-10,15,18H,11,17H2. The number of fused-ring (bicyclic) bond motifs is 1. The third-order valence-electron chi connectivity index (χ3n) is 3.32. The molecule has 90 valence electrons. The molecule has 3 rings (SSSR count). The van der Waals surface area contributed by atoms with Crippen LogP contribution in [0, 0.1) is 0 Å². The SMILES string of the molecule is NC1=CC(c2ccccc2)c2ccccc2NC1. The summed E-state index contributed by atoms with van der Waals surface area (Å²) in [5.74, 6) is 0.234. The topological polar surface area (TPSA) is 38.0 Å². The van der Waals surface area contributed by atoms with Crippen molar-refractivity contribution in [3.05, 3.63) is 77.5 Å². The molecule has 18 heavy (non-hydrogen) atoms. The van der Waals surface area contributed by atoms with Gasteiger partial charge in [0.25, 0.3) is 0 Å². The molecule has 0 saturated carbocycles. The minimum atomic E-state index is 0.234. The molecule has 2 heteroatoms. The number of benzene rings is 2. The van der Waals surface area contributed by atoms with E-state index in [2.05, 4.69) is 59.9 Å². The van der Waals surface area contributed by atoms with Gasteiger partial charge in [-0.15, -0.1) is 0 Å². The number of hydrogen-bond acceptors (Lipinski definition) is 2. The number of rotatable bonds is 1. The number of anilines is 1. The van der Waals surface area contributed by atoms with Crippen LogP contribution in [0.2, 0.25) is 0 Å². The molecule has 3 N–H and O–H groups in total. The second-order valence-electron chi connectivity index (χ2n) is 4.57. The van der Waals surface area contributed by atoms with E-state index in [4.69, 9.17) is 5.73 Å². The van der Waals surface area contributed by atoms with Crippen molar-refractivity contribution in [1.82, 2.24) is 0 Å². The van der Waals surface area contributed by atoms with Crippen LogP contribution in [0.5, 0.6) is 0 Å². The Hall–Kier alpha value is -2.22. The summed E-state index contributed by atoms with van der Waals surface area (Å²) in [7, 11) is 0. The van der Waals surface area contributed by atoms with Crippen molar-refractivity contribution in [2.45, 2.75) is 5.92 Å². The van der Waals surface area contributed by atoms with Gasteiger partial charge in [0.15, 0.2) is 0 Å². The molecule has 2 aromatic carbocycles. The Balaban J connectivity index is 2.14. The predicted octanol–water partition coefficient (Wildman–Crippen LogP) is 3.09. The zero-order chi connectivity index (χ0) is 12.4. The van der Waals surface area contributed by atoms with Crippen LogP contribution < -0.4 is 11.1 Å². The van der Waals surface area contributed by atoms with Crippen LogP contribution in [0.4, 0.5) is 5.69 Å². The van der Waals surface area contributed by atoms with Crippen LogP contribution in [-0.2, 0) is 0 Å². The predicted molar refractivity (Wildman–Crippen MR) is 75.5 cm³/mol. The first kappa shape index (κ1) is 10.9. The molecule has 2 aromatic rings. The van der Waals surface area contributed by atoms with Gasteiger partial charge in [-0.05, 0) is 17.2 Å². The highest BCUT2D eigenvalue weighted by Gasteiger charge is 2.18. The second kappa shape index (κ2) is 4.57. The summed E-state index contributed by atoms with van der Waals surface area (Å²) in [6, 6.07) is 18.9. The Labute approximate surface area is 107 Å². The van der Waals surface area contributed by atoms with Crippen LogP contribution >= 0.6 is 0 Å². The van der Waals surface area contributed by atoms with Gasteiger partial charge in [0.05, 0.1) is 6.54 Å². The number of allylic oxidation sites excluding steroid dienone is 1. The largest absolute Gasteiger partial charge is 0.401 e. The molecule has 1 heterocycles. The van der Waals surface area contributed by atoms with Crippen molar-refractivity contribution in [2.24, 2.45) is 5.73 Å². The fraction of sp³-hybridized carbons (Fsp3) is 0.125. The average molecular weight is 236 g/mol. The van der Waals surface area contributed by atoms with Crippen LogP contribution in [0.3, 0.4) is 0 Å². The van der Waals surface area contributed by atoms with Crippen molar-refractivity contribution in [3.8, 4) is 0 Å². The number of nitrogens with one attached hydrogen (secondary N) is 1. The molecule has 0 saturated heterocycles. The summed E-state index contributed by atoms with van der Waals surface area (Å²) in [4.78, 5) is 0. The van der Waals surface area contributed by atoms with E-state index >= 15 is 0 Å². The smallest absolute Gasteiger partial charge is 0.0543 e. The maximum atomic E-state index is 6.04. The zero-order valence-electron chi connectivity index (χ0n) is 10.1. The van der Waals surface area contributed by atoms with Crippen molar-refractivity contribution in [2.75, 3.05) is 11.9 Å². The summed E-state index contributed by atoms with van der Waals surface area (Å²) in [5.41, 5.74) is 10.7. The van der Waals surface area contributed by atoms with Gasteiger partial charge in [0.2, 0.25) is 0 Å². The van der Waals surface area contributed by atoms with E-state index in [1.807, 2.05) is 6.07 Å². The lowest BCUT2D eigenvalue weighted by molar-refractivity contribution is 1.02. The summed E-state index contributed by atoms with van der Waals surface area (Å²) in [5, 5.41) is 3.38. The maximum absolute atomic E-state index is 6.04. The average Bonchev–Trinajstić information content (AvgIpc) is 2.60. The zero-order valence-corrected chi connectivity index (χ0v) is 10.1. The lowest BCUT2D eigenvalue weighted by atomic mass is 9.90. The third-order valence-corrected chi connectivity index (χ3v) is 3.32. The number of para-hydroxylation sites is 1. The molecule has 1 unspecified atom stereocenters. The first-order valence-electron chi connectivity index (χ1n) is 6.18. The van der Waals surface area contributed by atoms with Crippen LogP contribution in [-0.4, -0.2) is 6.54 Å². The molecule has 2 nitrogen and oxygen atoms in total. The molecule has 0 spiro atoms. The minimum Gasteiger partial charge on any atom is -0.401 e. The van der Waals surface area contributed by atoms with Crippen LogP contribution in [0.1, 0.15) is 17.0 Å². The maximum Gasteiger partial charge on any atom is 0.0543 e. The summed E-state index contributed by atoms with van der Waals surface area (Å²) >= 11 is 0. The molecular weight excluding hydrogens is 220 g/mol. The van der Waals surface area contributed by atoms with Gasteiger partial charge in [-0.25, -0.2) is 0 Å². The van der Waals surface area contributed by atoms with E-state index in [-0.39, 0.29) is 5.92 Å². The van der Waals surface area contributed by atoms with Crippen molar-refractivity contribution in [1.29, 1.82) is 0 Å². The molecule has 1 atom stereocenters. The third kappa shape index (κ3) is 1.97. The van der Waals surface area contributed by atoms with E-state index in [9.17, 15) is 0 Å². The Morgan fingerprint density at radius 3 is 2.50 bits per heavy atom. The number of hydrogen-bond donors (Lipinski definition) is 2. The van der Waals surface area contributed by atoms with E-state index in [1.54, 1.807) is 0 Å². The molecule has 0 aliphatic carbocycles. The first-order valence-corrected chi connectivity index (χ1v) is 6.18. The number of nitrogens with two attached hydrogens (primary N) is 1. The quantitative estimate of drug-likeness (QED) is 0.798. The van der Waals surface area contributed by atoms with E-state index in [0.29, 0.717) is 6.54 Å². The molecule has 0 fully saturated rings. The highest BCUT2D eigenvalue weighted by atomic mass is 14.9. The van der Waals surface area contributed by atoms with Crippen molar-refractivity contribution in [3.63, 3.8) is 0 Å². The summed E-state index contributed by atoms with van der Waals surface area (Å²) < 4.78 is 0. The highest BCUT2D eigenvalue weighted by Crippen LogP contribution is 2.33. The van der Waals surface area contributed by atoms with Gasteiger partial charge in [0, 0.05) is 17.3 Å². The van der Waals surface area contributed by atoms with E-state index < -0.39 is 0 Å². The minimum absolute atomic E-state index is 0.234. The Morgan fingerprint density at radius 2 is 1.67 bits per heavy atom. The lowest BCUT2D eigenvalue weighted by Crippen LogP contribution is -2.09. The molecule has 1 aliphatic rings. The normalized spacial score (nSPS) is 18.2. The van der Waals surface area contributed by atoms with E-state index in [0.717, 1.165) is 5.70 Å². The monoisotopic (exact) mass is 236 g/mol. The van der Waals surface area contributed by atoms with Gasteiger partial charge < -0.3 is 11.1 Å². The molecule has 0 bridgehead atoms. The molecule has 1 aliphatic heterocycles. The van der Waals surface area contributed by atoms with Gasteiger partial charge in [-0.1, -0.05) is 54.6 Å². The second-order valence-corrected chi connectivity index (χ2v) is 4.57. The van der Waals surface area contributed by atoms with Crippen LogP contribution in [0.25, 0.3) is 0 Å². The van der Waals surface area contributed by atoms with Crippen molar-refractivity contribution >= 4 is 5.69 Å². The molecule has 0 aromatic heterocycles.